The molecule has 2 aromatic carbocycles. The van der Waals surface area contributed by atoms with Crippen LogP contribution in [0.15, 0.2) is 53.6 Å². The second kappa shape index (κ2) is 8.34. The number of benzene rings is 2. The van der Waals surface area contributed by atoms with E-state index < -0.39 is 0 Å². The van der Waals surface area contributed by atoms with Crippen LogP contribution in [0.4, 0.5) is 0 Å². The van der Waals surface area contributed by atoms with E-state index in [1.807, 2.05) is 30.3 Å². The van der Waals surface area contributed by atoms with E-state index in [9.17, 15) is 9.59 Å². The number of likely N-dealkylation sites (tertiary alicyclic amines) is 1. The van der Waals surface area contributed by atoms with Crippen molar-refractivity contribution in [2.24, 2.45) is 5.10 Å². The molecule has 26 heavy (non-hydrogen) atoms. The van der Waals surface area contributed by atoms with Gasteiger partial charge in [-0.3, -0.25) is 9.59 Å². The van der Waals surface area contributed by atoms with E-state index in [1.54, 1.807) is 23.1 Å². The van der Waals surface area contributed by atoms with Gasteiger partial charge in [-0.05, 0) is 17.7 Å². The number of amides is 2. The zero-order valence-electron chi connectivity index (χ0n) is 13.9. The third-order valence-electron chi connectivity index (χ3n) is 4.18. The molecule has 1 aliphatic heterocycles. The normalized spacial score (nSPS) is 17.1. The van der Waals surface area contributed by atoms with Crippen LogP contribution in [-0.4, -0.2) is 36.0 Å². The minimum absolute atomic E-state index is 0.0200. The number of nitrogens with zero attached hydrogens (tertiary/aromatic N) is 2. The maximum atomic E-state index is 12.1. The molecule has 3 rings (SSSR count). The van der Waals surface area contributed by atoms with Gasteiger partial charge in [-0.15, -0.1) is 0 Å². The topological polar surface area (TPSA) is 61.8 Å². The zero-order chi connectivity index (χ0) is 18.5. The predicted octanol–water partition coefficient (Wildman–Crippen LogP) is 3.46. The van der Waals surface area contributed by atoms with Gasteiger partial charge in [-0.25, -0.2) is 5.43 Å². The van der Waals surface area contributed by atoms with Crippen LogP contribution >= 0.6 is 23.2 Å². The van der Waals surface area contributed by atoms with Gasteiger partial charge < -0.3 is 4.90 Å². The van der Waals surface area contributed by atoms with Gasteiger partial charge in [-0.2, -0.15) is 5.10 Å². The van der Waals surface area contributed by atoms with Crippen LogP contribution < -0.4 is 5.43 Å². The fourth-order valence-electron chi connectivity index (χ4n) is 2.86. The Labute approximate surface area is 161 Å². The molecule has 0 bridgehead atoms. The van der Waals surface area contributed by atoms with E-state index in [2.05, 4.69) is 10.5 Å². The van der Waals surface area contributed by atoms with Crippen molar-refractivity contribution in [1.29, 1.82) is 0 Å². The SMILES string of the molecule is O=C(CN1C[C@@H](c2ccccc2)CC1=O)N/N=C\c1ccc(Cl)cc1Cl. The average Bonchev–Trinajstić information content (AvgIpc) is 2.98. The molecule has 0 aliphatic carbocycles. The van der Waals surface area contributed by atoms with Gasteiger partial charge in [0.25, 0.3) is 5.91 Å². The Balaban J connectivity index is 1.53. The molecule has 1 aliphatic rings. The molecule has 1 heterocycles. The van der Waals surface area contributed by atoms with E-state index in [4.69, 9.17) is 23.2 Å². The maximum absolute atomic E-state index is 12.1. The van der Waals surface area contributed by atoms with Crippen LogP contribution in [0, 0.1) is 0 Å². The minimum Gasteiger partial charge on any atom is -0.333 e. The van der Waals surface area contributed by atoms with Crippen molar-refractivity contribution < 1.29 is 9.59 Å². The Morgan fingerprint density at radius 3 is 2.73 bits per heavy atom. The smallest absolute Gasteiger partial charge is 0.259 e. The lowest BCUT2D eigenvalue weighted by Crippen LogP contribution is -2.36. The fraction of sp³-hybridized carbons (Fsp3) is 0.211. The fourth-order valence-corrected chi connectivity index (χ4v) is 3.32. The number of carbonyl (C=O) groups excluding carboxylic acids is 2. The second-order valence-corrected chi connectivity index (χ2v) is 6.89. The minimum atomic E-state index is -0.353. The standard InChI is InChI=1S/C19H17Cl2N3O2/c20-16-7-6-14(17(21)9-16)10-22-23-18(25)12-24-11-15(8-19(24)26)13-4-2-1-3-5-13/h1-7,9-10,15H,8,11-12H2,(H,23,25)/b22-10-/t15-/m0/s1. The molecule has 2 aromatic rings. The Kier molecular flexibility index (Phi) is 5.91. The summed E-state index contributed by atoms with van der Waals surface area (Å²) in [5.74, 6) is -0.264. The van der Waals surface area contributed by atoms with Gasteiger partial charge in [0.15, 0.2) is 0 Å². The quantitative estimate of drug-likeness (QED) is 0.628. The molecule has 1 N–H and O–H groups in total. The number of carbonyl (C=O) groups is 2. The van der Waals surface area contributed by atoms with E-state index in [0.717, 1.165) is 5.56 Å². The first-order chi connectivity index (χ1) is 12.5. The van der Waals surface area contributed by atoms with Crippen molar-refractivity contribution in [3.05, 3.63) is 69.7 Å². The number of rotatable bonds is 5. The number of hydrogen-bond acceptors (Lipinski definition) is 3. The lowest BCUT2D eigenvalue weighted by molar-refractivity contribution is -0.133. The van der Waals surface area contributed by atoms with E-state index >= 15 is 0 Å². The summed E-state index contributed by atoms with van der Waals surface area (Å²) in [6.07, 6.45) is 1.86. The molecule has 2 amide bonds. The van der Waals surface area contributed by atoms with E-state index in [1.165, 1.54) is 6.21 Å². The highest BCUT2D eigenvalue weighted by molar-refractivity contribution is 6.36. The first-order valence-corrected chi connectivity index (χ1v) is 8.88. The average molecular weight is 390 g/mol. The summed E-state index contributed by atoms with van der Waals surface area (Å²) >= 11 is 11.9. The van der Waals surface area contributed by atoms with Gasteiger partial charge >= 0.3 is 0 Å². The summed E-state index contributed by atoms with van der Waals surface area (Å²) in [5, 5.41) is 4.85. The molecule has 5 nitrogen and oxygen atoms in total. The van der Waals surface area contributed by atoms with Crippen LogP contribution in [0.2, 0.25) is 10.0 Å². The molecule has 1 atom stereocenters. The van der Waals surface area contributed by atoms with Crippen molar-refractivity contribution in [2.45, 2.75) is 12.3 Å². The van der Waals surface area contributed by atoms with Gasteiger partial charge in [0, 0.05) is 29.5 Å². The van der Waals surface area contributed by atoms with Crippen LogP contribution in [0.5, 0.6) is 0 Å². The summed E-state index contributed by atoms with van der Waals surface area (Å²) in [7, 11) is 0. The van der Waals surface area contributed by atoms with Gasteiger partial charge in [0.05, 0.1) is 11.2 Å². The summed E-state index contributed by atoms with van der Waals surface area (Å²) < 4.78 is 0. The van der Waals surface area contributed by atoms with Crippen LogP contribution in [-0.2, 0) is 9.59 Å². The number of hydrogen-bond donors (Lipinski definition) is 1. The van der Waals surface area contributed by atoms with E-state index in [0.29, 0.717) is 28.6 Å². The molecule has 0 spiro atoms. The molecule has 1 saturated heterocycles. The van der Waals surface area contributed by atoms with Gasteiger partial charge in [0.1, 0.15) is 6.54 Å². The first-order valence-electron chi connectivity index (χ1n) is 8.12. The molecular formula is C19H17Cl2N3O2. The Bertz CT molecular complexity index is 840. The van der Waals surface area contributed by atoms with Crippen molar-refractivity contribution >= 4 is 41.2 Å². The maximum Gasteiger partial charge on any atom is 0.259 e. The van der Waals surface area contributed by atoms with Crippen molar-refractivity contribution in [3.63, 3.8) is 0 Å². The lowest BCUT2D eigenvalue weighted by Gasteiger charge is -2.15. The summed E-state index contributed by atoms with van der Waals surface area (Å²) in [5.41, 5.74) is 4.17. The molecule has 134 valence electrons. The first kappa shape index (κ1) is 18.4. The molecule has 0 saturated carbocycles. The zero-order valence-corrected chi connectivity index (χ0v) is 15.4. The van der Waals surface area contributed by atoms with Crippen molar-refractivity contribution in [2.75, 3.05) is 13.1 Å². The summed E-state index contributed by atoms with van der Waals surface area (Å²) in [6, 6.07) is 14.8. The Hall–Kier alpha value is -2.37. The van der Waals surface area contributed by atoms with Crippen molar-refractivity contribution in [1.82, 2.24) is 10.3 Å². The van der Waals surface area contributed by atoms with Crippen LogP contribution in [0.3, 0.4) is 0 Å². The summed E-state index contributed by atoms with van der Waals surface area (Å²) in [4.78, 5) is 25.7. The van der Waals surface area contributed by atoms with E-state index in [-0.39, 0.29) is 24.3 Å². The number of halogens is 2. The molecule has 7 heteroatoms. The third-order valence-corrected chi connectivity index (χ3v) is 4.74. The summed E-state index contributed by atoms with van der Waals surface area (Å²) in [6.45, 7) is 0.511. The highest BCUT2D eigenvalue weighted by atomic mass is 35.5. The third kappa shape index (κ3) is 4.62. The van der Waals surface area contributed by atoms with Crippen molar-refractivity contribution in [3.8, 4) is 0 Å². The van der Waals surface area contributed by atoms with Gasteiger partial charge in [-0.1, -0.05) is 59.6 Å². The number of nitrogens with one attached hydrogen (secondary N) is 1. The molecule has 0 aromatic heterocycles. The monoisotopic (exact) mass is 389 g/mol. The lowest BCUT2D eigenvalue weighted by atomic mass is 9.99. The Morgan fingerprint density at radius 1 is 1.23 bits per heavy atom. The molecule has 0 radical (unpaired) electrons. The highest BCUT2D eigenvalue weighted by Crippen LogP contribution is 2.27. The molecule has 1 fully saturated rings. The highest BCUT2D eigenvalue weighted by Gasteiger charge is 2.31. The largest absolute Gasteiger partial charge is 0.333 e. The van der Waals surface area contributed by atoms with Gasteiger partial charge in [0.2, 0.25) is 5.91 Å². The number of hydrazone groups is 1. The predicted molar refractivity (Wildman–Crippen MR) is 103 cm³/mol. The second-order valence-electron chi connectivity index (χ2n) is 6.05. The van der Waals surface area contributed by atoms with Crippen LogP contribution in [0.25, 0.3) is 0 Å². The van der Waals surface area contributed by atoms with Crippen LogP contribution in [0.1, 0.15) is 23.5 Å². The molecular weight excluding hydrogens is 373 g/mol. The Morgan fingerprint density at radius 2 is 2.00 bits per heavy atom. The molecule has 0 unspecified atom stereocenters.